The summed E-state index contributed by atoms with van der Waals surface area (Å²) in [5, 5.41) is 0.481. The number of nitrogens with one attached hydrogen (secondary N) is 2. The Morgan fingerprint density at radius 2 is 1.91 bits per heavy atom. The number of nitrogens with zero attached hydrogens (tertiary/aromatic N) is 1. The van der Waals surface area contributed by atoms with Gasteiger partial charge in [-0.2, -0.15) is 0 Å². The fourth-order valence-electron chi connectivity index (χ4n) is 1.77. The number of thiazole rings is 1. The fourth-order valence-corrected chi connectivity index (χ4v) is 2.61. The normalized spacial score (nSPS) is 11.0. The van der Waals surface area contributed by atoms with Gasteiger partial charge >= 0.3 is 0 Å². The van der Waals surface area contributed by atoms with Crippen LogP contribution in [0.15, 0.2) is 48.6 Å². The lowest BCUT2D eigenvalue weighted by Gasteiger charge is -1.99. The van der Waals surface area contributed by atoms with Crippen LogP contribution < -0.4 is 10.9 Å². The van der Waals surface area contributed by atoms with Gasteiger partial charge in [-0.15, -0.1) is 0 Å². The van der Waals surface area contributed by atoms with E-state index in [-0.39, 0.29) is 11.7 Å². The molecule has 0 fully saturated rings. The summed E-state index contributed by atoms with van der Waals surface area (Å²) < 4.78 is 0. The summed E-state index contributed by atoms with van der Waals surface area (Å²) in [5.41, 5.74) is 6.80. The predicted molar refractivity (Wildman–Crippen MR) is 93.2 cm³/mol. The van der Waals surface area contributed by atoms with Crippen molar-refractivity contribution >= 4 is 34.2 Å². The predicted octanol–water partition coefficient (Wildman–Crippen LogP) is 3.37. The highest BCUT2D eigenvalue weighted by Crippen LogP contribution is 2.22. The highest BCUT2D eigenvalue weighted by atomic mass is 32.1. The number of hydrazine groups is 1. The Labute approximate surface area is 138 Å². The molecule has 6 heteroatoms. The van der Waals surface area contributed by atoms with Crippen molar-refractivity contribution in [1.29, 1.82) is 0 Å². The van der Waals surface area contributed by atoms with E-state index in [0.29, 0.717) is 15.7 Å². The Morgan fingerprint density at radius 1 is 1.17 bits per heavy atom. The summed E-state index contributed by atoms with van der Waals surface area (Å²) in [6.45, 7) is 3.15. The van der Waals surface area contributed by atoms with Crippen molar-refractivity contribution in [3.63, 3.8) is 0 Å². The molecule has 0 radical (unpaired) electrons. The third-order valence-electron chi connectivity index (χ3n) is 2.81. The lowest BCUT2D eigenvalue weighted by Crippen LogP contribution is -2.26. The number of carbonyl (C=O) groups excluding carboxylic acids is 2. The Morgan fingerprint density at radius 3 is 2.61 bits per heavy atom. The molecule has 5 nitrogen and oxygen atoms in total. The van der Waals surface area contributed by atoms with E-state index in [9.17, 15) is 9.59 Å². The smallest absolute Gasteiger partial charge is 0.235 e. The molecule has 0 unspecified atom stereocenters. The molecule has 1 aromatic heterocycles. The number of hydrogen-bond acceptors (Lipinski definition) is 5. The number of ketones is 1. The molecule has 0 aliphatic heterocycles. The van der Waals surface area contributed by atoms with Gasteiger partial charge in [0.05, 0.1) is 10.6 Å². The zero-order valence-electron chi connectivity index (χ0n) is 12.9. The zero-order valence-corrected chi connectivity index (χ0v) is 13.7. The second-order valence-corrected chi connectivity index (χ2v) is 5.73. The average molecular weight is 327 g/mol. The van der Waals surface area contributed by atoms with Crippen molar-refractivity contribution in [2.45, 2.75) is 13.8 Å². The number of carbonyl (C=O) groups is 2. The van der Waals surface area contributed by atoms with E-state index >= 15 is 0 Å². The van der Waals surface area contributed by atoms with Crippen LogP contribution in [-0.4, -0.2) is 16.7 Å². The second kappa shape index (κ2) is 8.05. The molecule has 0 saturated heterocycles. The molecule has 0 atom stereocenters. The minimum Gasteiger partial charge on any atom is -0.288 e. The molecule has 2 aromatic rings. The quantitative estimate of drug-likeness (QED) is 0.369. The largest absolute Gasteiger partial charge is 0.288 e. The van der Waals surface area contributed by atoms with Gasteiger partial charge in [-0.05, 0) is 18.6 Å². The van der Waals surface area contributed by atoms with E-state index in [4.69, 9.17) is 0 Å². The topological polar surface area (TPSA) is 71.1 Å². The standard InChI is InChI=1S/C17H17N3O2S/c1-12-16(23-17(18-12)20-19-13(2)21)15(22)11-7-6-10-14-8-4-3-5-9-14/h3-11H,1-2H3,(H,18,20)(H,19,21)/b10-6+,11-7-. The van der Waals surface area contributed by atoms with Crippen LogP contribution in [0.25, 0.3) is 6.08 Å². The third kappa shape index (κ3) is 5.19. The first kappa shape index (κ1) is 16.6. The third-order valence-corrected chi connectivity index (χ3v) is 3.90. The number of allylic oxidation sites excluding steroid dienone is 3. The summed E-state index contributed by atoms with van der Waals surface area (Å²) in [4.78, 5) is 27.8. The van der Waals surface area contributed by atoms with Gasteiger partial charge in [-0.25, -0.2) is 4.98 Å². The van der Waals surface area contributed by atoms with Gasteiger partial charge < -0.3 is 0 Å². The molecule has 0 saturated carbocycles. The van der Waals surface area contributed by atoms with Gasteiger partial charge in [0, 0.05) is 6.92 Å². The van der Waals surface area contributed by atoms with E-state index in [0.717, 1.165) is 5.56 Å². The number of rotatable bonds is 6. The van der Waals surface area contributed by atoms with Crippen LogP contribution in [0.4, 0.5) is 5.13 Å². The Hall–Kier alpha value is -2.73. The summed E-state index contributed by atoms with van der Waals surface area (Å²) in [5.74, 6) is -0.342. The first-order valence-corrected chi connectivity index (χ1v) is 7.82. The highest BCUT2D eigenvalue weighted by Gasteiger charge is 2.12. The molecule has 1 amide bonds. The van der Waals surface area contributed by atoms with Gasteiger partial charge in [-0.1, -0.05) is 59.9 Å². The maximum absolute atomic E-state index is 12.2. The minimum atomic E-state index is -0.225. The summed E-state index contributed by atoms with van der Waals surface area (Å²) >= 11 is 1.20. The SMILES string of the molecule is CC(=O)NNc1nc(C)c(C(=O)/C=C\C=C\c2ccccc2)s1. The van der Waals surface area contributed by atoms with Crippen molar-refractivity contribution in [1.82, 2.24) is 10.4 Å². The Bertz CT molecular complexity index is 748. The first-order chi connectivity index (χ1) is 11.1. The van der Waals surface area contributed by atoms with Crippen molar-refractivity contribution in [3.05, 3.63) is 64.7 Å². The van der Waals surface area contributed by atoms with Gasteiger partial charge in [0.1, 0.15) is 0 Å². The van der Waals surface area contributed by atoms with Gasteiger partial charge in [0.2, 0.25) is 11.0 Å². The maximum Gasteiger partial charge on any atom is 0.235 e. The van der Waals surface area contributed by atoms with Crippen LogP contribution in [0.3, 0.4) is 0 Å². The molecule has 0 bridgehead atoms. The van der Waals surface area contributed by atoms with E-state index < -0.39 is 0 Å². The second-order valence-electron chi connectivity index (χ2n) is 4.73. The molecule has 2 rings (SSSR count). The van der Waals surface area contributed by atoms with Crippen molar-refractivity contribution in [3.8, 4) is 0 Å². The van der Waals surface area contributed by atoms with Gasteiger partial charge in [-0.3, -0.25) is 20.4 Å². The van der Waals surface area contributed by atoms with Crippen molar-refractivity contribution in [2.24, 2.45) is 0 Å². The van der Waals surface area contributed by atoms with Gasteiger partial charge in [0.15, 0.2) is 5.78 Å². The van der Waals surface area contributed by atoms with Crippen LogP contribution in [0.2, 0.25) is 0 Å². The highest BCUT2D eigenvalue weighted by molar-refractivity contribution is 7.17. The maximum atomic E-state index is 12.2. The van der Waals surface area contributed by atoms with Crippen LogP contribution in [-0.2, 0) is 4.79 Å². The van der Waals surface area contributed by atoms with Crippen LogP contribution >= 0.6 is 11.3 Å². The average Bonchev–Trinajstić information content (AvgIpc) is 2.91. The molecule has 23 heavy (non-hydrogen) atoms. The monoisotopic (exact) mass is 327 g/mol. The minimum absolute atomic E-state index is 0.117. The number of hydrogen-bond donors (Lipinski definition) is 2. The number of amides is 1. The van der Waals surface area contributed by atoms with Crippen molar-refractivity contribution in [2.75, 3.05) is 5.43 Å². The molecule has 0 spiro atoms. The lowest BCUT2D eigenvalue weighted by atomic mass is 10.2. The number of anilines is 1. The number of benzene rings is 1. The van der Waals surface area contributed by atoms with E-state index in [1.807, 2.05) is 42.5 Å². The molecular formula is C17H17N3O2S. The molecule has 1 heterocycles. The molecule has 118 valence electrons. The molecule has 2 N–H and O–H groups in total. The van der Waals surface area contributed by atoms with Crippen LogP contribution in [0.1, 0.15) is 27.9 Å². The Kier molecular flexibility index (Phi) is 5.82. The van der Waals surface area contributed by atoms with E-state index in [1.54, 1.807) is 13.0 Å². The molecule has 1 aromatic carbocycles. The van der Waals surface area contributed by atoms with Crippen LogP contribution in [0, 0.1) is 6.92 Å². The molecule has 0 aliphatic rings. The molecule has 0 aliphatic carbocycles. The van der Waals surface area contributed by atoms with Crippen molar-refractivity contribution < 1.29 is 9.59 Å². The first-order valence-electron chi connectivity index (χ1n) is 7.00. The van der Waals surface area contributed by atoms with Crippen LogP contribution in [0.5, 0.6) is 0 Å². The molecular weight excluding hydrogens is 310 g/mol. The van der Waals surface area contributed by atoms with E-state index in [1.165, 1.54) is 24.3 Å². The van der Waals surface area contributed by atoms with Gasteiger partial charge in [0.25, 0.3) is 0 Å². The number of aryl methyl sites for hydroxylation is 1. The zero-order chi connectivity index (χ0) is 16.7. The summed E-state index contributed by atoms with van der Waals surface area (Å²) in [6.07, 6.45) is 6.95. The summed E-state index contributed by atoms with van der Waals surface area (Å²) in [6, 6.07) is 9.84. The number of aromatic nitrogens is 1. The summed E-state index contributed by atoms with van der Waals surface area (Å²) in [7, 11) is 0. The fraction of sp³-hybridized carbons (Fsp3) is 0.118. The lowest BCUT2D eigenvalue weighted by molar-refractivity contribution is -0.118. The Balaban J connectivity index is 1.99. The van der Waals surface area contributed by atoms with E-state index in [2.05, 4.69) is 15.8 Å².